The van der Waals surface area contributed by atoms with E-state index in [0.717, 1.165) is 69.1 Å². The fourth-order valence-electron chi connectivity index (χ4n) is 3.21. The Morgan fingerprint density at radius 1 is 1.32 bits per heavy atom. The summed E-state index contributed by atoms with van der Waals surface area (Å²) in [6.07, 6.45) is 7.46. The number of nitrogens with two attached hydrogens (primary N) is 1. The van der Waals surface area contributed by atoms with E-state index in [4.69, 9.17) is 15.2 Å². The van der Waals surface area contributed by atoms with Gasteiger partial charge in [0.2, 0.25) is 0 Å². The highest BCUT2D eigenvalue weighted by Crippen LogP contribution is 2.40. The van der Waals surface area contributed by atoms with E-state index in [1.807, 2.05) is 18.2 Å². The number of piperidine rings is 1. The highest BCUT2D eigenvalue weighted by molar-refractivity contribution is 5.67. The summed E-state index contributed by atoms with van der Waals surface area (Å²) in [4.78, 5) is 2.42. The highest BCUT2D eigenvalue weighted by Gasteiger charge is 2.36. The van der Waals surface area contributed by atoms with Crippen molar-refractivity contribution in [1.82, 2.24) is 4.90 Å². The number of hydrogen-bond acceptors (Lipinski definition) is 4. The fourth-order valence-corrected chi connectivity index (χ4v) is 3.21. The van der Waals surface area contributed by atoms with Crippen molar-refractivity contribution in [1.29, 1.82) is 0 Å². The van der Waals surface area contributed by atoms with Crippen LogP contribution in [0.4, 0.5) is 0 Å². The molecule has 0 saturated carbocycles. The van der Waals surface area contributed by atoms with Gasteiger partial charge < -0.3 is 20.1 Å². The van der Waals surface area contributed by atoms with Crippen LogP contribution in [0.5, 0.6) is 11.5 Å². The molecule has 0 amide bonds. The van der Waals surface area contributed by atoms with Crippen molar-refractivity contribution in [2.24, 2.45) is 5.73 Å². The first kappa shape index (κ1) is 15.4. The molecular weight excluding hydrogens is 276 g/mol. The van der Waals surface area contributed by atoms with Crippen LogP contribution in [0.15, 0.2) is 24.3 Å². The Morgan fingerprint density at radius 2 is 2.14 bits per heavy atom. The summed E-state index contributed by atoms with van der Waals surface area (Å²) in [5.41, 5.74) is 6.57. The lowest BCUT2D eigenvalue weighted by Gasteiger charge is -2.42. The Bertz CT molecular complexity index is 534. The summed E-state index contributed by atoms with van der Waals surface area (Å²) in [7, 11) is 0. The minimum absolute atomic E-state index is 0.151. The molecule has 0 bridgehead atoms. The lowest BCUT2D eigenvalue weighted by Crippen LogP contribution is -2.48. The molecule has 2 aliphatic rings. The first-order valence-electron chi connectivity index (χ1n) is 8.33. The minimum atomic E-state index is -0.151. The van der Waals surface area contributed by atoms with Crippen LogP contribution in [0.3, 0.4) is 0 Å². The van der Waals surface area contributed by atoms with Crippen molar-refractivity contribution in [2.75, 3.05) is 32.8 Å². The Hall–Kier alpha value is -1.52. The summed E-state index contributed by atoms with van der Waals surface area (Å²) in [5.74, 6) is 1.87. The lowest BCUT2D eigenvalue weighted by atomic mass is 9.88. The third-order valence-electron chi connectivity index (χ3n) is 4.50. The number of ether oxygens (including phenoxy) is 2. The van der Waals surface area contributed by atoms with Gasteiger partial charge in [-0.25, -0.2) is 0 Å². The molecule has 4 heteroatoms. The van der Waals surface area contributed by atoms with Gasteiger partial charge in [0, 0.05) is 39.0 Å². The first-order valence-corrected chi connectivity index (χ1v) is 8.33. The summed E-state index contributed by atoms with van der Waals surface area (Å²) in [6.45, 7) is 6.65. The van der Waals surface area contributed by atoms with Gasteiger partial charge in [-0.05, 0) is 30.7 Å². The molecule has 0 aromatic heterocycles. The molecular formula is C18H26N2O2. The molecule has 0 atom stereocenters. The second kappa shape index (κ2) is 6.71. The first-order chi connectivity index (χ1) is 10.8. The third kappa shape index (κ3) is 3.13. The zero-order chi connectivity index (χ0) is 15.4. The second-order valence-electron chi connectivity index (χ2n) is 6.15. The van der Waals surface area contributed by atoms with Crippen molar-refractivity contribution in [3.05, 3.63) is 29.8 Å². The molecule has 1 spiro atoms. The fraction of sp³-hybridized carbons (Fsp3) is 0.556. The van der Waals surface area contributed by atoms with E-state index in [1.165, 1.54) is 0 Å². The average Bonchev–Trinajstić information content (AvgIpc) is 2.55. The van der Waals surface area contributed by atoms with Crippen LogP contribution >= 0.6 is 0 Å². The van der Waals surface area contributed by atoms with Gasteiger partial charge in [-0.2, -0.15) is 0 Å². The van der Waals surface area contributed by atoms with Gasteiger partial charge in [0.15, 0.2) is 0 Å². The second-order valence-corrected chi connectivity index (χ2v) is 6.15. The molecule has 120 valence electrons. The molecule has 1 saturated heterocycles. The number of rotatable bonds is 5. The summed E-state index contributed by atoms with van der Waals surface area (Å²) >= 11 is 0. The molecule has 1 fully saturated rings. The van der Waals surface area contributed by atoms with E-state index in [-0.39, 0.29) is 5.60 Å². The van der Waals surface area contributed by atoms with Gasteiger partial charge in [-0.1, -0.05) is 13.0 Å². The largest absolute Gasteiger partial charge is 0.493 e. The van der Waals surface area contributed by atoms with Crippen LogP contribution in [0.25, 0.3) is 6.08 Å². The number of nitrogens with zero attached hydrogens (tertiary/aromatic N) is 1. The molecule has 0 unspecified atom stereocenters. The van der Waals surface area contributed by atoms with Crippen molar-refractivity contribution < 1.29 is 9.47 Å². The molecule has 0 radical (unpaired) electrons. The number of likely N-dealkylation sites (tertiary alicyclic amines) is 1. The summed E-state index contributed by atoms with van der Waals surface area (Å²) < 4.78 is 12.2. The predicted molar refractivity (Wildman–Crippen MR) is 89.3 cm³/mol. The minimum Gasteiger partial charge on any atom is -0.493 e. The molecule has 22 heavy (non-hydrogen) atoms. The van der Waals surface area contributed by atoms with E-state index in [2.05, 4.69) is 24.0 Å². The number of fused-ring (bicyclic) bond motifs is 1. The lowest BCUT2D eigenvalue weighted by molar-refractivity contribution is 0.0395. The van der Waals surface area contributed by atoms with Crippen LogP contribution in [0.2, 0.25) is 0 Å². The Labute approximate surface area is 132 Å². The molecule has 1 aromatic rings. The van der Waals surface area contributed by atoms with Crippen LogP contribution < -0.4 is 15.2 Å². The van der Waals surface area contributed by atoms with E-state index in [0.29, 0.717) is 0 Å². The summed E-state index contributed by atoms with van der Waals surface area (Å²) in [5, 5.41) is 0. The van der Waals surface area contributed by atoms with Gasteiger partial charge in [-0.3, -0.25) is 0 Å². The van der Waals surface area contributed by atoms with Gasteiger partial charge in [0.05, 0.1) is 12.2 Å². The van der Waals surface area contributed by atoms with Crippen LogP contribution in [-0.4, -0.2) is 43.3 Å². The van der Waals surface area contributed by atoms with Crippen LogP contribution in [0, 0.1) is 0 Å². The predicted octanol–water partition coefficient (Wildman–Crippen LogP) is 2.67. The van der Waals surface area contributed by atoms with Gasteiger partial charge >= 0.3 is 0 Å². The normalized spacial score (nSPS) is 19.7. The van der Waals surface area contributed by atoms with Crippen molar-refractivity contribution in [3.63, 3.8) is 0 Å². The van der Waals surface area contributed by atoms with Gasteiger partial charge in [0.25, 0.3) is 0 Å². The van der Waals surface area contributed by atoms with E-state index >= 15 is 0 Å². The van der Waals surface area contributed by atoms with Crippen molar-refractivity contribution in [2.45, 2.75) is 31.8 Å². The Balaban J connectivity index is 1.73. The molecule has 1 aromatic carbocycles. The third-order valence-corrected chi connectivity index (χ3v) is 4.50. The maximum absolute atomic E-state index is 6.38. The maximum Gasteiger partial charge on any atom is 0.131 e. The zero-order valence-electron chi connectivity index (χ0n) is 13.4. The number of benzene rings is 1. The van der Waals surface area contributed by atoms with Gasteiger partial charge in [0.1, 0.15) is 17.1 Å². The molecule has 3 rings (SSSR count). The number of hydrogen-bond donors (Lipinski definition) is 1. The maximum atomic E-state index is 6.38. The smallest absolute Gasteiger partial charge is 0.131 e. The van der Waals surface area contributed by atoms with E-state index in [1.54, 1.807) is 0 Å². The van der Waals surface area contributed by atoms with Crippen molar-refractivity contribution in [3.8, 4) is 11.5 Å². The molecule has 4 nitrogen and oxygen atoms in total. The summed E-state index contributed by atoms with van der Waals surface area (Å²) in [6, 6.07) is 6.08. The Kier molecular flexibility index (Phi) is 4.69. The molecule has 2 N–H and O–H groups in total. The van der Waals surface area contributed by atoms with E-state index < -0.39 is 0 Å². The van der Waals surface area contributed by atoms with Gasteiger partial charge in [-0.15, -0.1) is 0 Å². The quantitative estimate of drug-likeness (QED) is 0.908. The molecule has 2 aliphatic heterocycles. The zero-order valence-corrected chi connectivity index (χ0v) is 13.4. The Morgan fingerprint density at radius 3 is 2.86 bits per heavy atom. The SMILES string of the molecule is CCCOc1cccc2c1C=CC1(CCN(CCN)CC1)O2. The molecule has 0 aliphatic carbocycles. The monoisotopic (exact) mass is 302 g/mol. The topological polar surface area (TPSA) is 47.7 Å². The van der Waals surface area contributed by atoms with Crippen molar-refractivity contribution >= 4 is 6.08 Å². The van der Waals surface area contributed by atoms with Crippen LogP contribution in [-0.2, 0) is 0 Å². The molecule has 2 heterocycles. The standard InChI is InChI=1S/C18H26N2O2/c1-2-14-21-16-4-3-5-17-15(16)6-7-18(22-17)8-11-20(12-9-18)13-10-19/h3-7H,2,8-14,19H2,1H3. The average molecular weight is 302 g/mol. The highest BCUT2D eigenvalue weighted by atomic mass is 16.5. The van der Waals surface area contributed by atoms with Crippen LogP contribution in [0.1, 0.15) is 31.7 Å². The van der Waals surface area contributed by atoms with E-state index in [9.17, 15) is 0 Å².